The molecular formula is C13H10BCl2FO2S. The van der Waals surface area contributed by atoms with E-state index in [0.717, 1.165) is 11.0 Å². The van der Waals surface area contributed by atoms with Crippen LogP contribution in [-0.2, 0) is 5.75 Å². The van der Waals surface area contributed by atoms with Gasteiger partial charge in [0.15, 0.2) is 0 Å². The lowest BCUT2D eigenvalue weighted by Crippen LogP contribution is -2.30. The van der Waals surface area contributed by atoms with Crippen LogP contribution >= 0.6 is 35.0 Å². The van der Waals surface area contributed by atoms with E-state index in [2.05, 4.69) is 0 Å². The van der Waals surface area contributed by atoms with Crippen molar-refractivity contribution in [3.05, 3.63) is 57.8 Å². The zero-order valence-electron chi connectivity index (χ0n) is 10.2. The molecule has 0 saturated carbocycles. The number of rotatable bonds is 4. The molecule has 2 aromatic carbocycles. The van der Waals surface area contributed by atoms with Crippen molar-refractivity contribution in [2.24, 2.45) is 0 Å². The van der Waals surface area contributed by atoms with Crippen LogP contribution in [0.4, 0.5) is 4.39 Å². The molecule has 2 rings (SSSR count). The second-order valence-corrected chi connectivity index (χ2v) is 5.95. The summed E-state index contributed by atoms with van der Waals surface area (Å²) >= 11 is 13.1. The minimum absolute atomic E-state index is 0.130. The molecule has 0 aliphatic carbocycles. The summed E-state index contributed by atoms with van der Waals surface area (Å²) in [5.41, 5.74) is 0.608. The number of thioether (sulfide) groups is 1. The summed E-state index contributed by atoms with van der Waals surface area (Å²) in [6.45, 7) is 0. The van der Waals surface area contributed by atoms with Gasteiger partial charge in [-0.15, -0.1) is 11.8 Å². The van der Waals surface area contributed by atoms with Gasteiger partial charge in [0.25, 0.3) is 0 Å². The van der Waals surface area contributed by atoms with Crippen LogP contribution < -0.4 is 5.46 Å². The molecular weight excluding hydrogens is 321 g/mol. The standard InChI is InChI=1S/C13H10BCl2FO2S/c15-11-4-3-10(6-12(11)16)20-7-8-1-2-9(14(18)19)5-13(8)17/h1-6,18-19H,7H2. The molecule has 0 radical (unpaired) electrons. The van der Waals surface area contributed by atoms with Gasteiger partial charge in [0.05, 0.1) is 10.0 Å². The van der Waals surface area contributed by atoms with E-state index < -0.39 is 12.9 Å². The maximum Gasteiger partial charge on any atom is 0.488 e. The summed E-state index contributed by atoms with van der Waals surface area (Å²) < 4.78 is 13.8. The minimum atomic E-state index is -1.67. The van der Waals surface area contributed by atoms with E-state index in [0.29, 0.717) is 21.4 Å². The maximum atomic E-state index is 13.8. The monoisotopic (exact) mass is 330 g/mol. The summed E-state index contributed by atoms with van der Waals surface area (Å²) in [6, 6.07) is 9.36. The molecule has 0 aromatic heterocycles. The maximum absolute atomic E-state index is 13.8. The lowest BCUT2D eigenvalue weighted by Gasteiger charge is -2.06. The molecule has 0 atom stereocenters. The van der Waals surface area contributed by atoms with Crippen molar-refractivity contribution in [3.8, 4) is 0 Å². The van der Waals surface area contributed by atoms with Crippen molar-refractivity contribution in [2.45, 2.75) is 10.6 Å². The number of benzene rings is 2. The molecule has 2 N–H and O–H groups in total. The first-order valence-corrected chi connectivity index (χ1v) is 7.44. The first-order chi connectivity index (χ1) is 9.47. The Balaban J connectivity index is 2.09. The highest BCUT2D eigenvalue weighted by molar-refractivity contribution is 7.98. The van der Waals surface area contributed by atoms with Crippen molar-refractivity contribution in [1.29, 1.82) is 0 Å². The normalized spacial score (nSPS) is 10.7. The molecule has 0 aliphatic rings. The van der Waals surface area contributed by atoms with E-state index in [1.807, 2.05) is 6.07 Å². The van der Waals surface area contributed by atoms with Crippen LogP contribution in [0.1, 0.15) is 5.56 Å². The van der Waals surface area contributed by atoms with E-state index in [4.69, 9.17) is 33.2 Å². The van der Waals surface area contributed by atoms with Gasteiger partial charge in [0.1, 0.15) is 5.82 Å². The van der Waals surface area contributed by atoms with Gasteiger partial charge in [-0.05, 0) is 35.3 Å². The van der Waals surface area contributed by atoms with Crippen molar-refractivity contribution in [3.63, 3.8) is 0 Å². The molecule has 20 heavy (non-hydrogen) atoms. The Hall–Kier alpha value is -0.715. The predicted molar refractivity (Wildman–Crippen MR) is 82.2 cm³/mol. The highest BCUT2D eigenvalue weighted by Crippen LogP contribution is 2.30. The first kappa shape index (κ1) is 15.7. The van der Waals surface area contributed by atoms with Gasteiger partial charge in [0.2, 0.25) is 0 Å². The van der Waals surface area contributed by atoms with Gasteiger partial charge in [-0.25, -0.2) is 4.39 Å². The highest BCUT2D eigenvalue weighted by atomic mass is 35.5. The van der Waals surface area contributed by atoms with E-state index in [1.54, 1.807) is 12.1 Å². The molecule has 2 aromatic rings. The number of hydrogen-bond donors (Lipinski definition) is 2. The van der Waals surface area contributed by atoms with Gasteiger partial charge < -0.3 is 10.0 Å². The second kappa shape index (κ2) is 6.83. The van der Waals surface area contributed by atoms with Crippen LogP contribution in [0.3, 0.4) is 0 Å². The van der Waals surface area contributed by atoms with Crippen molar-refractivity contribution in [1.82, 2.24) is 0 Å². The molecule has 0 amide bonds. The molecule has 0 fully saturated rings. The lowest BCUT2D eigenvalue weighted by molar-refractivity contribution is 0.425. The van der Waals surface area contributed by atoms with Crippen LogP contribution in [0.2, 0.25) is 10.0 Å². The minimum Gasteiger partial charge on any atom is -0.423 e. The van der Waals surface area contributed by atoms with Crippen molar-refractivity contribution >= 4 is 47.5 Å². The van der Waals surface area contributed by atoms with Gasteiger partial charge in [0, 0.05) is 10.6 Å². The van der Waals surface area contributed by atoms with Gasteiger partial charge >= 0.3 is 7.12 Å². The second-order valence-electron chi connectivity index (χ2n) is 4.09. The average molecular weight is 331 g/mol. The zero-order chi connectivity index (χ0) is 14.7. The molecule has 0 aliphatic heterocycles. The van der Waals surface area contributed by atoms with Gasteiger partial charge in [-0.2, -0.15) is 0 Å². The van der Waals surface area contributed by atoms with Crippen LogP contribution in [0, 0.1) is 5.82 Å². The third-order valence-electron chi connectivity index (χ3n) is 2.66. The third kappa shape index (κ3) is 3.90. The predicted octanol–water partition coefficient (Wildman–Crippen LogP) is 3.10. The fourth-order valence-electron chi connectivity index (χ4n) is 1.57. The van der Waals surface area contributed by atoms with E-state index in [9.17, 15) is 4.39 Å². The third-order valence-corrected chi connectivity index (χ3v) is 4.44. The van der Waals surface area contributed by atoms with Crippen LogP contribution in [0.5, 0.6) is 0 Å². The Morgan fingerprint density at radius 2 is 1.80 bits per heavy atom. The van der Waals surface area contributed by atoms with E-state index in [-0.39, 0.29) is 5.46 Å². The van der Waals surface area contributed by atoms with E-state index >= 15 is 0 Å². The average Bonchev–Trinajstić information content (AvgIpc) is 2.41. The molecule has 0 bridgehead atoms. The molecule has 0 spiro atoms. The molecule has 2 nitrogen and oxygen atoms in total. The Bertz CT molecular complexity index is 625. The van der Waals surface area contributed by atoms with Crippen LogP contribution in [0.15, 0.2) is 41.3 Å². The summed E-state index contributed by atoms with van der Waals surface area (Å²) in [4.78, 5) is 0.880. The van der Waals surface area contributed by atoms with Gasteiger partial charge in [-0.1, -0.05) is 35.3 Å². The lowest BCUT2D eigenvalue weighted by atomic mass is 9.80. The Kier molecular flexibility index (Phi) is 5.35. The fraction of sp³-hybridized carbons (Fsp3) is 0.0769. The molecule has 0 saturated heterocycles. The fourth-order valence-corrected chi connectivity index (χ4v) is 2.85. The molecule has 7 heteroatoms. The van der Waals surface area contributed by atoms with Gasteiger partial charge in [-0.3, -0.25) is 0 Å². The SMILES string of the molecule is OB(O)c1ccc(CSc2ccc(Cl)c(Cl)c2)c(F)c1. The van der Waals surface area contributed by atoms with Crippen LogP contribution in [0.25, 0.3) is 0 Å². The van der Waals surface area contributed by atoms with Crippen LogP contribution in [-0.4, -0.2) is 17.2 Å². The quantitative estimate of drug-likeness (QED) is 0.668. The number of halogens is 3. The summed E-state index contributed by atoms with van der Waals surface area (Å²) in [7, 11) is -1.67. The topological polar surface area (TPSA) is 40.5 Å². The Morgan fingerprint density at radius 1 is 1.05 bits per heavy atom. The molecule has 104 valence electrons. The van der Waals surface area contributed by atoms with Crippen molar-refractivity contribution in [2.75, 3.05) is 0 Å². The molecule has 0 unspecified atom stereocenters. The number of hydrogen-bond acceptors (Lipinski definition) is 3. The Morgan fingerprint density at radius 3 is 2.40 bits per heavy atom. The smallest absolute Gasteiger partial charge is 0.423 e. The summed E-state index contributed by atoms with van der Waals surface area (Å²) in [5.74, 6) is -0.0610. The summed E-state index contributed by atoms with van der Waals surface area (Å²) in [5, 5.41) is 18.8. The Labute approximate surface area is 130 Å². The zero-order valence-corrected chi connectivity index (χ0v) is 12.5. The summed E-state index contributed by atoms with van der Waals surface area (Å²) in [6.07, 6.45) is 0. The first-order valence-electron chi connectivity index (χ1n) is 5.69. The largest absolute Gasteiger partial charge is 0.488 e. The highest BCUT2D eigenvalue weighted by Gasteiger charge is 2.13. The van der Waals surface area contributed by atoms with Crippen molar-refractivity contribution < 1.29 is 14.4 Å². The molecule has 0 heterocycles. The van der Waals surface area contributed by atoms with E-state index in [1.165, 1.54) is 23.9 Å².